The first-order chi connectivity index (χ1) is 8.67. The second kappa shape index (κ2) is 6.11. The topological polar surface area (TPSA) is 63.4 Å². The number of anilines is 1. The van der Waals surface area contributed by atoms with Gasteiger partial charge in [-0.05, 0) is 31.4 Å². The summed E-state index contributed by atoms with van der Waals surface area (Å²) < 4.78 is 26.5. The van der Waals surface area contributed by atoms with Crippen LogP contribution < -0.4 is 5.73 Å². The Kier molecular flexibility index (Phi) is 5.24. The quantitative estimate of drug-likeness (QED) is 0.851. The van der Waals surface area contributed by atoms with Crippen molar-refractivity contribution in [2.24, 2.45) is 5.92 Å². The van der Waals surface area contributed by atoms with Gasteiger partial charge in [0.05, 0.1) is 10.7 Å². The summed E-state index contributed by atoms with van der Waals surface area (Å²) in [5.74, 6) is 0.413. The second-order valence-corrected chi connectivity index (χ2v) is 7.50. The SMILES string of the molecule is CC(C)CC(C)N(C)S(=O)(=O)c1c(N)cccc1Cl. The fraction of sp³-hybridized carbons (Fsp3) is 0.538. The average molecular weight is 305 g/mol. The minimum Gasteiger partial charge on any atom is -0.398 e. The van der Waals surface area contributed by atoms with Crippen LogP contribution in [0.15, 0.2) is 23.1 Å². The highest BCUT2D eigenvalue weighted by Gasteiger charge is 2.29. The van der Waals surface area contributed by atoms with Crippen LogP contribution in [-0.4, -0.2) is 25.8 Å². The lowest BCUT2D eigenvalue weighted by molar-refractivity contribution is 0.338. The molecule has 1 rings (SSSR count). The summed E-state index contributed by atoms with van der Waals surface area (Å²) in [6.45, 7) is 5.99. The predicted molar refractivity (Wildman–Crippen MR) is 79.7 cm³/mol. The molecular weight excluding hydrogens is 284 g/mol. The summed E-state index contributed by atoms with van der Waals surface area (Å²) in [5.41, 5.74) is 5.93. The summed E-state index contributed by atoms with van der Waals surface area (Å²) in [4.78, 5) is -0.00484. The fourth-order valence-corrected chi connectivity index (χ4v) is 4.01. The summed E-state index contributed by atoms with van der Waals surface area (Å²) in [6, 6.07) is 4.60. The zero-order valence-electron chi connectivity index (χ0n) is 11.7. The molecule has 0 aliphatic heterocycles. The van der Waals surface area contributed by atoms with Crippen molar-refractivity contribution in [1.82, 2.24) is 4.31 Å². The van der Waals surface area contributed by atoms with Crippen LogP contribution in [0.5, 0.6) is 0 Å². The van der Waals surface area contributed by atoms with E-state index in [1.807, 2.05) is 6.92 Å². The normalized spacial score (nSPS) is 14.1. The van der Waals surface area contributed by atoms with E-state index in [0.717, 1.165) is 6.42 Å². The highest BCUT2D eigenvalue weighted by molar-refractivity contribution is 7.89. The van der Waals surface area contributed by atoms with Crippen LogP contribution >= 0.6 is 11.6 Å². The largest absolute Gasteiger partial charge is 0.398 e. The van der Waals surface area contributed by atoms with Crippen LogP contribution in [0.2, 0.25) is 5.02 Å². The smallest absolute Gasteiger partial charge is 0.246 e. The third-order valence-electron chi connectivity index (χ3n) is 3.07. The molecule has 0 radical (unpaired) electrons. The maximum Gasteiger partial charge on any atom is 0.246 e. The molecule has 4 nitrogen and oxygen atoms in total. The molecular formula is C13H21ClN2O2S. The molecule has 2 N–H and O–H groups in total. The number of benzene rings is 1. The molecule has 19 heavy (non-hydrogen) atoms. The van der Waals surface area contributed by atoms with Crippen molar-refractivity contribution >= 4 is 27.3 Å². The summed E-state index contributed by atoms with van der Waals surface area (Å²) >= 11 is 5.98. The van der Waals surface area contributed by atoms with Crippen LogP contribution in [0.1, 0.15) is 27.2 Å². The van der Waals surface area contributed by atoms with Gasteiger partial charge in [0.1, 0.15) is 4.90 Å². The number of rotatable bonds is 5. The zero-order valence-corrected chi connectivity index (χ0v) is 13.3. The third kappa shape index (κ3) is 3.61. The van der Waals surface area contributed by atoms with Gasteiger partial charge in [-0.1, -0.05) is 31.5 Å². The van der Waals surface area contributed by atoms with Crippen molar-refractivity contribution in [3.8, 4) is 0 Å². The van der Waals surface area contributed by atoms with E-state index in [-0.39, 0.29) is 21.6 Å². The molecule has 6 heteroatoms. The molecule has 0 saturated heterocycles. The Morgan fingerprint density at radius 1 is 1.32 bits per heavy atom. The van der Waals surface area contributed by atoms with Crippen LogP contribution in [0.25, 0.3) is 0 Å². The Morgan fingerprint density at radius 2 is 1.89 bits per heavy atom. The number of nitrogen functional groups attached to an aromatic ring is 1. The molecule has 1 unspecified atom stereocenters. The molecule has 0 bridgehead atoms. The molecule has 0 aromatic heterocycles. The number of hydrogen-bond donors (Lipinski definition) is 1. The number of halogens is 1. The number of hydrogen-bond acceptors (Lipinski definition) is 3. The zero-order chi connectivity index (χ0) is 14.8. The first kappa shape index (κ1) is 16.3. The first-order valence-corrected chi connectivity index (χ1v) is 8.01. The second-order valence-electron chi connectivity index (χ2n) is 5.16. The molecule has 0 fully saturated rings. The number of sulfonamides is 1. The minimum absolute atomic E-state index is 0.00484. The molecule has 0 spiro atoms. The maximum atomic E-state index is 12.6. The van der Waals surface area contributed by atoms with Crippen molar-refractivity contribution in [2.45, 2.75) is 38.1 Å². The molecule has 0 heterocycles. The highest BCUT2D eigenvalue weighted by Crippen LogP contribution is 2.30. The van der Waals surface area contributed by atoms with E-state index in [2.05, 4.69) is 13.8 Å². The van der Waals surface area contributed by atoms with E-state index in [1.165, 1.54) is 10.4 Å². The standard InChI is InChI=1S/C13H21ClN2O2S/c1-9(2)8-10(3)16(4)19(17,18)13-11(14)6-5-7-12(13)15/h5-7,9-10H,8,15H2,1-4H3. The lowest BCUT2D eigenvalue weighted by atomic mass is 10.1. The van der Waals surface area contributed by atoms with Gasteiger partial charge in [0.2, 0.25) is 10.0 Å². The van der Waals surface area contributed by atoms with Gasteiger partial charge in [-0.25, -0.2) is 8.42 Å². The first-order valence-electron chi connectivity index (χ1n) is 6.20. The van der Waals surface area contributed by atoms with Crippen LogP contribution in [0, 0.1) is 5.92 Å². The highest BCUT2D eigenvalue weighted by atomic mass is 35.5. The van der Waals surface area contributed by atoms with E-state index in [1.54, 1.807) is 19.2 Å². The Bertz CT molecular complexity index is 523. The van der Waals surface area contributed by atoms with E-state index < -0.39 is 10.0 Å². The van der Waals surface area contributed by atoms with Crippen LogP contribution in [0.4, 0.5) is 5.69 Å². The van der Waals surface area contributed by atoms with Crippen molar-refractivity contribution in [3.63, 3.8) is 0 Å². The Hall–Kier alpha value is -0.780. The van der Waals surface area contributed by atoms with Gasteiger partial charge in [0, 0.05) is 13.1 Å². The molecule has 0 aliphatic rings. The fourth-order valence-electron chi connectivity index (χ4n) is 2.01. The molecule has 1 aromatic carbocycles. The van der Waals surface area contributed by atoms with Crippen molar-refractivity contribution in [1.29, 1.82) is 0 Å². The van der Waals surface area contributed by atoms with E-state index >= 15 is 0 Å². The molecule has 1 atom stereocenters. The lowest BCUT2D eigenvalue weighted by Gasteiger charge is -2.26. The van der Waals surface area contributed by atoms with Gasteiger partial charge in [0.25, 0.3) is 0 Å². The van der Waals surface area contributed by atoms with Gasteiger partial charge in [0.15, 0.2) is 0 Å². The molecule has 0 aliphatic carbocycles. The van der Waals surface area contributed by atoms with E-state index in [9.17, 15) is 8.42 Å². The molecule has 0 amide bonds. The average Bonchev–Trinajstić information content (AvgIpc) is 2.26. The van der Waals surface area contributed by atoms with Crippen molar-refractivity contribution in [2.75, 3.05) is 12.8 Å². The van der Waals surface area contributed by atoms with Crippen LogP contribution in [0.3, 0.4) is 0 Å². The molecule has 0 saturated carbocycles. The summed E-state index contributed by atoms with van der Waals surface area (Å²) in [7, 11) is -2.11. The van der Waals surface area contributed by atoms with Gasteiger partial charge in [-0.3, -0.25) is 0 Å². The summed E-state index contributed by atoms with van der Waals surface area (Å²) in [6.07, 6.45) is 0.778. The Labute approximate surface area is 120 Å². The van der Waals surface area contributed by atoms with E-state index in [4.69, 9.17) is 17.3 Å². The minimum atomic E-state index is -3.67. The predicted octanol–water partition coefficient (Wildman–Crippen LogP) is 2.98. The molecule has 108 valence electrons. The van der Waals surface area contributed by atoms with Crippen molar-refractivity contribution < 1.29 is 8.42 Å². The van der Waals surface area contributed by atoms with Crippen molar-refractivity contribution in [3.05, 3.63) is 23.2 Å². The van der Waals surface area contributed by atoms with Crippen LogP contribution in [-0.2, 0) is 10.0 Å². The maximum absolute atomic E-state index is 12.6. The number of nitrogens with zero attached hydrogens (tertiary/aromatic N) is 1. The number of nitrogens with two attached hydrogens (primary N) is 1. The van der Waals surface area contributed by atoms with E-state index in [0.29, 0.717) is 5.92 Å². The monoisotopic (exact) mass is 304 g/mol. The lowest BCUT2D eigenvalue weighted by Crippen LogP contribution is -2.36. The van der Waals surface area contributed by atoms with Gasteiger partial charge < -0.3 is 5.73 Å². The van der Waals surface area contributed by atoms with Gasteiger partial charge in [-0.2, -0.15) is 4.31 Å². The van der Waals surface area contributed by atoms with Gasteiger partial charge >= 0.3 is 0 Å². The summed E-state index contributed by atoms with van der Waals surface area (Å²) in [5, 5.41) is 0.156. The Balaban J connectivity index is 3.17. The third-order valence-corrected chi connectivity index (χ3v) is 5.58. The molecule has 1 aromatic rings. The Morgan fingerprint density at radius 3 is 2.37 bits per heavy atom. The van der Waals surface area contributed by atoms with Gasteiger partial charge in [-0.15, -0.1) is 0 Å².